The molecule has 1 fully saturated rings. The first kappa shape index (κ1) is 15.2. The molecule has 1 atom stereocenters. The smallest absolute Gasteiger partial charge is 0.137 e. The summed E-state index contributed by atoms with van der Waals surface area (Å²) >= 11 is 0. The van der Waals surface area contributed by atoms with E-state index in [9.17, 15) is 4.79 Å². The van der Waals surface area contributed by atoms with Crippen LogP contribution in [-0.2, 0) is 11.3 Å². The van der Waals surface area contributed by atoms with Crippen LogP contribution in [0.5, 0.6) is 0 Å². The Morgan fingerprint density at radius 2 is 2.10 bits per heavy atom. The van der Waals surface area contributed by atoms with Crippen molar-refractivity contribution in [2.24, 2.45) is 5.92 Å². The topological polar surface area (TPSA) is 20.3 Å². The van der Waals surface area contributed by atoms with Gasteiger partial charge in [0.25, 0.3) is 0 Å². The lowest BCUT2D eigenvalue weighted by molar-refractivity contribution is -0.124. The molecule has 2 nitrogen and oxygen atoms in total. The summed E-state index contributed by atoms with van der Waals surface area (Å²) in [5.41, 5.74) is 4.08. The van der Waals surface area contributed by atoms with Gasteiger partial charge < -0.3 is 0 Å². The lowest BCUT2D eigenvalue weighted by Gasteiger charge is -2.32. The molecule has 0 amide bonds. The van der Waals surface area contributed by atoms with E-state index in [0.29, 0.717) is 5.78 Å². The quantitative estimate of drug-likeness (QED) is 0.811. The molecular weight excluding hydrogens is 246 g/mol. The molecule has 1 aliphatic rings. The second-order valence-corrected chi connectivity index (χ2v) is 6.21. The number of hydrogen-bond acceptors (Lipinski definition) is 2. The first-order valence-corrected chi connectivity index (χ1v) is 7.91. The molecular formula is C18H27NO. The molecule has 1 heterocycles. The van der Waals surface area contributed by atoms with Gasteiger partial charge in [-0.05, 0) is 56.3 Å². The maximum Gasteiger partial charge on any atom is 0.137 e. The summed E-state index contributed by atoms with van der Waals surface area (Å²) in [6.07, 6.45) is 3.97. The summed E-state index contributed by atoms with van der Waals surface area (Å²) in [5, 5.41) is 0. The normalized spacial score (nSPS) is 20.1. The van der Waals surface area contributed by atoms with Crippen LogP contribution in [-0.4, -0.2) is 23.8 Å². The van der Waals surface area contributed by atoms with Crippen molar-refractivity contribution in [3.63, 3.8) is 0 Å². The molecule has 0 aromatic heterocycles. The van der Waals surface area contributed by atoms with Gasteiger partial charge in [0.05, 0.1) is 0 Å². The number of rotatable bonds is 5. The summed E-state index contributed by atoms with van der Waals surface area (Å²) in [4.78, 5) is 14.5. The van der Waals surface area contributed by atoms with Crippen molar-refractivity contribution in [2.45, 2.75) is 53.0 Å². The molecule has 1 aromatic rings. The number of hydrogen-bond donors (Lipinski definition) is 0. The number of benzene rings is 1. The number of nitrogens with zero attached hydrogens (tertiary/aromatic N) is 1. The fraction of sp³-hybridized carbons (Fsp3) is 0.611. The van der Waals surface area contributed by atoms with Gasteiger partial charge in [0.2, 0.25) is 0 Å². The molecule has 20 heavy (non-hydrogen) atoms. The minimum atomic E-state index is 0.273. The van der Waals surface area contributed by atoms with Crippen LogP contribution >= 0.6 is 0 Å². The highest BCUT2D eigenvalue weighted by Crippen LogP contribution is 2.21. The van der Waals surface area contributed by atoms with E-state index in [1.807, 2.05) is 0 Å². The highest BCUT2D eigenvalue weighted by molar-refractivity contribution is 5.81. The summed E-state index contributed by atoms with van der Waals surface area (Å²) in [6, 6.07) is 6.71. The van der Waals surface area contributed by atoms with E-state index >= 15 is 0 Å². The zero-order chi connectivity index (χ0) is 14.5. The number of aryl methyl sites for hydroxylation is 2. The maximum absolute atomic E-state index is 12.1. The van der Waals surface area contributed by atoms with Gasteiger partial charge in [0.1, 0.15) is 5.78 Å². The Labute approximate surface area is 123 Å². The van der Waals surface area contributed by atoms with E-state index in [0.717, 1.165) is 45.3 Å². The van der Waals surface area contributed by atoms with E-state index in [4.69, 9.17) is 0 Å². The average Bonchev–Trinajstić information content (AvgIpc) is 2.43. The predicted octanol–water partition coefficient (Wildman–Crippen LogP) is 3.88. The van der Waals surface area contributed by atoms with Gasteiger partial charge in [-0.25, -0.2) is 0 Å². The summed E-state index contributed by atoms with van der Waals surface area (Å²) in [7, 11) is 0. The fourth-order valence-electron chi connectivity index (χ4n) is 3.07. The molecule has 2 rings (SSSR count). The summed E-state index contributed by atoms with van der Waals surface area (Å²) < 4.78 is 0. The third kappa shape index (κ3) is 3.92. The van der Waals surface area contributed by atoms with E-state index in [-0.39, 0.29) is 5.92 Å². The van der Waals surface area contributed by atoms with Gasteiger partial charge in [0.15, 0.2) is 0 Å². The van der Waals surface area contributed by atoms with Crippen molar-refractivity contribution in [2.75, 3.05) is 13.1 Å². The van der Waals surface area contributed by atoms with E-state index in [1.54, 1.807) is 0 Å². The number of Topliss-reactive ketones (excluding diaryl/α,β-unsaturated/α-hetero) is 1. The SMILES string of the molecule is CCCC(=O)C1CCCN(Cc2ccc(C)c(C)c2)C1. The van der Waals surface area contributed by atoms with Crippen LogP contribution in [0, 0.1) is 19.8 Å². The van der Waals surface area contributed by atoms with E-state index < -0.39 is 0 Å². The first-order chi connectivity index (χ1) is 9.60. The summed E-state index contributed by atoms with van der Waals surface area (Å²) in [5.74, 6) is 0.743. The van der Waals surface area contributed by atoms with Crippen LogP contribution in [0.1, 0.15) is 49.3 Å². The molecule has 0 bridgehead atoms. The molecule has 110 valence electrons. The fourth-order valence-corrected chi connectivity index (χ4v) is 3.07. The van der Waals surface area contributed by atoms with Gasteiger partial charge >= 0.3 is 0 Å². The average molecular weight is 273 g/mol. The lowest BCUT2D eigenvalue weighted by atomic mass is 9.91. The lowest BCUT2D eigenvalue weighted by Crippen LogP contribution is -2.38. The Morgan fingerprint density at radius 3 is 2.80 bits per heavy atom. The summed E-state index contributed by atoms with van der Waals surface area (Å²) in [6.45, 7) is 9.47. The van der Waals surface area contributed by atoms with Crippen molar-refractivity contribution >= 4 is 5.78 Å². The van der Waals surface area contributed by atoms with E-state index in [1.165, 1.54) is 16.7 Å². The number of ketones is 1. The maximum atomic E-state index is 12.1. The number of carbonyl (C=O) groups is 1. The molecule has 1 unspecified atom stereocenters. The van der Waals surface area contributed by atoms with Gasteiger partial charge in [0, 0.05) is 25.4 Å². The van der Waals surface area contributed by atoms with Crippen LogP contribution in [0.3, 0.4) is 0 Å². The highest BCUT2D eigenvalue weighted by Gasteiger charge is 2.24. The van der Waals surface area contributed by atoms with Gasteiger partial charge in [-0.1, -0.05) is 25.1 Å². The Hall–Kier alpha value is -1.15. The third-order valence-electron chi connectivity index (χ3n) is 4.43. The van der Waals surface area contributed by atoms with Crippen LogP contribution in [0.15, 0.2) is 18.2 Å². The molecule has 1 aromatic carbocycles. The second-order valence-electron chi connectivity index (χ2n) is 6.21. The van der Waals surface area contributed by atoms with Crippen LogP contribution < -0.4 is 0 Å². The molecule has 2 heteroatoms. The van der Waals surface area contributed by atoms with E-state index in [2.05, 4.69) is 43.9 Å². The second kappa shape index (κ2) is 7.03. The van der Waals surface area contributed by atoms with Crippen LogP contribution in [0.2, 0.25) is 0 Å². The van der Waals surface area contributed by atoms with Crippen molar-refractivity contribution < 1.29 is 4.79 Å². The molecule has 0 aliphatic carbocycles. The Balaban J connectivity index is 1.95. The van der Waals surface area contributed by atoms with Crippen molar-refractivity contribution in [3.05, 3.63) is 34.9 Å². The Bertz CT molecular complexity index is 466. The van der Waals surface area contributed by atoms with Crippen molar-refractivity contribution in [1.82, 2.24) is 4.90 Å². The third-order valence-corrected chi connectivity index (χ3v) is 4.43. The van der Waals surface area contributed by atoms with Crippen molar-refractivity contribution in [3.8, 4) is 0 Å². The molecule has 0 saturated carbocycles. The monoisotopic (exact) mass is 273 g/mol. The first-order valence-electron chi connectivity index (χ1n) is 7.91. The number of likely N-dealkylation sites (tertiary alicyclic amines) is 1. The standard InChI is InChI=1S/C18H27NO/c1-4-6-18(20)17-7-5-10-19(13-17)12-16-9-8-14(2)15(3)11-16/h8-9,11,17H,4-7,10,12-13H2,1-3H3. The largest absolute Gasteiger partial charge is 0.299 e. The van der Waals surface area contributed by atoms with Crippen molar-refractivity contribution in [1.29, 1.82) is 0 Å². The zero-order valence-electron chi connectivity index (χ0n) is 13.1. The van der Waals surface area contributed by atoms with Gasteiger partial charge in [-0.2, -0.15) is 0 Å². The highest BCUT2D eigenvalue weighted by atomic mass is 16.1. The minimum absolute atomic E-state index is 0.273. The Kier molecular flexibility index (Phi) is 5.36. The molecule has 0 radical (unpaired) electrons. The molecule has 1 aliphatic heterocycles. The number of carbonyl (C=O) groups excluding carboxylic acids is 1. The molecule has 0 N–H and O–H groups in total. The van der Waals surface area contributed by atoms with Gasteiger partial charge in [-0.15, -0.1) is 0 Å². The molecule has 0 spiro atoms. The zero-order valence-corrected chi connectivity index (χ0v) is 13.1. The predicted molar refractivity (Wildman–Crippen MR) is 83.8 cm³/mol. The molecule has 1 saturated heterocycles. The number of piperidine rings is 1. The Morgan fingerprint density at radius 1 is 1.30 bits per heavy atom. The van der Waals surface area contributed by atoms with Gasteiger partial charge in [-0.3, -0.25) is 9.69 Å². The minimum Gasteiger partial charge on any atom is -0.299 e. The van der Waals surface area contributed by atoms with Crippen LogP contribution in [0.25, 0.3) is 0 Å². The van der Waals surface area contributed by atoms with Crippen LogP contribution in [0.4, 0.5) is 0 Å².